The average molecular weight is 502 g/mol. The molecule has 6 heteroatoms. The molecule has 1 amide bonds. The Kier molecular flexibility index (Phi) is 9.58. The van der Waals surface area contributed by atoms with E-state index in [0.29, 0.717) is 43.5 Å². The number of ether oxygens (including phenoxy) is 3. The summed E-state index contributed by atoms with van der Waals surface area (Å²) in [6.45, 7) is 0.786. The summed E-state index contributed by atoms with van der Waals surface area (Å²) >= 11 is 0. The van der Waals surface area contributed by atoms with Gasteiger partial charge in [-0.3, -0.25) is 4.79 Å². The van der Waals surface area contributed by atoms with Gasteiger partial charge < -0.3 is 19.5 Å². The molecule has 0 bridgehead atoms. The highest BCUT2D eigenvalue weighted by atomic mass is 16.5. The molecule has 1 fully saturated rings. The first-order chi connectivity index (χ1) is 18.1. The molecule has 6 nitrogen and oxygen atoms in total. The maximum Gasteiger partial charge on any atom is 0.328 e. The predicted molar refractivity (Wildman–Crippen MR) is 142 cm³/mol. The molecule has 0 saturated heterocycles. The first-order valence-electron chi connectivity index (χ1n) is 12.9. The molecule has 1 N–H and O–H groups in total. The van der Waals surface area contributed by atoms with Gasteiger partial charge in [0.1, 0.15) is 19.3 Å². The molecule has 0 heterocycles. The van der Waals surface area contributed by atoms with Gasteiger partial charge in [-0.05, 0) is 47.6 Å². The summed E-state index contributed by atoms with van der Waals surface area (Å²) in [4.78, 5) is 25.2. The molecule has 1 aliphatic carbocycles. The predicted octanol–water partition coefficient (Wildman–Crippen LogP) is 5.63. The number of nitrogens with one attached hydrogen (secondary N) is 1. The van der Waals surface area contributed by atoms with Crippen LogP contribution in [0.4, 0.5) is 0 Å². The minimum absolute atomic E-state index is 0.106. The van der Waals surface area contributed by atoms with Crippen molar-refractivity contribution in [2.75, 3.05) is 7.11 Å². The first kappa shape index (κ1) is 26.3. The lowest BCUT2D eigenvalue weighted by Gasteiger charge is -2.19. The molecule has 194 valence electrons. The van der Waals surface area contributed by atoms with Crippen LogP contribution in [0.3, 0.4) is 0 Å². The molecule has 3 aromatic carbocycles. The van der Waals surface area contributed by atoms with Gasteiger partial charge in [0.25, 0.3) is 0 Å². The van der Waals surface area contributed by atoms with Crippen molar-refractivity contribution in [2.45, 2.75) is 57.8 Å². The largest absolute Gasteiger partial charge is 0.485 e. The van der Waals surface area contributed by atoms with Gasteiger partial charge in [-0.1, -0.05) is 79.6 Å². The van der Waals surface area contributed by atoms with Gasteiger partial charge in [-0.25, -0.2) is 4.79 Å². The summed E-state index contributed by atoms with van der Waals surface area (Å²) in [5.41, 5.74) is 2.93. The smallest absolute Gasteiger partial charge is 0.328 e. The van der Waals surface area contributed by atoms with Crippen LogP contribution in [0, 0.1) is 5.92 Å². The minimum atomic E-state index is -0.767. The number of hydrogen-bond donors (Lipinski definition) is 1. The van der Waals surface area contributed by atoms with Crippen molar-refractivity contribution in [3.05, 3.63) is 95.6 Å². The van der Waals surface area contributed by atoms with Crippen LogP contribution >= 0.6 is 0 Å². The Morgan fingerprint density at radius 3 is 2.00 bits per heavy atom. The maximum absolute atomic E-state index is 12.7. The number of carbonyl (C=O) groups excluding carboxylic acids is 2. The minimum Gasteiger partial charge on any atom is -0.485 e. The zero-order valence-electron chi connectivity index (χ0n) is 21.4. The van der Waals surface area contributed by atoms with Crippen LogP contribution in [0.25, 0.3) is 0 Å². The van der Waals surface area contributed by atoms with E-state index in [0.717, 1.165) is 29.5 Å². The molecular weight excluding hydrogens is 466 g/mol. The fraction of sp³-hybridized carbons (Fsp3) is 0.355. The van der Waals surface area contributed by atoms with E-state index in [4.69, 9.17) is 14.2 Å². The molecule has 0 unspecified atom stereocenters. The number of esters is 1. The van der Waals surface area contributed by atoms with Crippen LogP contribution in [-0.4, -0.2) is 25.0 Å². The molecule has 1 aliphatic rings. The standard InChI is InChI=1S/C31H35NO5/c1-35-31(34)27(32-30(33)20-23-10-8-9-11-23)18-26-16-17-28(36-21-24-12-4-2-5-13-24)29(19-26)37-22-25-14-6-3-7-15-25/h2-7,12-17,19,23,27H,8-11,18,20-22H2,1H3,(H,32,33)/t27-/m1/s1. The van der Waals surface area contributed by atoms with E-state index in [9.17, 15) is 9.59 Å². The summed E-state index contributed by atoms with van der Waals surface area (Å²) in [5, 5.41) is 2.90. The van der Waals surface area contributed by atoms with Gasteiger partial charge in [0.05, 0.1) is 7.11 Å². The highest BCUT2D eigenvalue weighted by molar-refractivity contribution is 5.84. The Labute approximate surface area is 218 Å². The Morgan fingerprint density at radius 2 is 1.41 bits per heavy atom. The van der Waals surface area contributed by atoms with Crippen molar-refractivity contribution < 1.29 is 23.8 Å². The highest BCUT2D eigenvalue weighted by Crippen LogP contribution is 2.31. The van der Waals surface area contributed by atoms with Gasteiger partial charge in [0.2, 0.25) is 5.91 Å². The second-order valence-electron chi connectivity index (χ2n) is 9.53. The van der Waals surface area contributed by atoms with E-state index in [1.807, 2.05) is 78.9 Å². The third kappa shape index (κ3) is 8.10. The molecule has 0 aromatic heterocycles. The third-order valence-corrected chi connectivity index (χ3v) is 6.69. The van der Waals surface area contributed by atoms with Crippen molar-refractivity contribution in [2.24, 2.45) is 5.92 Å². The van der Waals surface area contributed by atoms with E-state index < -0.39 is 12.0 Å². The van der Waals surface area contributed by atoms with E-state index in [1.165, 1.54) is 20.0 Å². The Hall–Kier alpha value is -3.80. The molecule has 3 aromatic rings. The van der Waals surface area contributed by atoms with Gasteiger partial charge in [-0.2, -0.15) is 0 Å². The Morgan fingerprint density at radius 1 is 0.811 bits per heavy atom. The number of hydrogen-bond acceptors (Lipinski definition) is 5. The lowest BCUT2D eigenvalue weighted by Crippen LogP contribution is -2.43. The summed E-state index contributed by atoms with van der Waals surface area (Å²) < 4.78 is 17.2. The quantitative estimate of drug-likeness (QED) is 0.326. The van der Waals surface area contributed by atoms with Crippen LogP contribution in [0.5, 0.6) is 11.5 Å². The van der Waals surface area contributed by atoms with Gasteiger partial charge in [0, 0.05) is 12.8 Å². The molecule has 0 radical (unpaired) electrons. The second-order valence-corrected chi connectivity index (χ2v) is 9.53. The summed E-state index contributed by atoms with van der Waals surface area (Å²) in [6, 6.07) is 24.7. The van der Waals surface area contributed by atoms with Gasteiger partial charge in [0.15, 0.2) is 11.5 Å². The fourth-order valence-electron chi connectivity index (χ4n) is 4.68. The van der Waals surface area contributed by atoms with Crippen molar-refractivity contribution in [1.29, 1.82) is 0 Å². The number of methoxy groups -OCH3 is 1. The molecule has 0 spiro atoms. The number of benzene rings is 3. The third-order valence-electron chi connectivity index (χ3n) is 6.69. The normalized spacial score (nSPS) is 14.1. The molecular formula is C31H35NO5. The topological polar surface area (TPSA) is 73.9 Å². The van der Waals surface area contributed by atoms with Crippen LogP contribution in [0.1, 0.15) is 48.8 Å². The summed E-state index contributed by atoms with van der Waals surface area (Å²) in [5.74, 6) is 1.03. The average Bonchev–Trinajstić information content (AvgIpc) is 3.44. The van der Waals surface area contributed by atoms with E-state index in [1.54, 1.807) is 0 Å². The van der Waals surface area contributed by atoms with Crippen molar-refractivity contribution in [1.82, 2.24) is 5.32 Å². The zero-order valence-corrected chi connectivity index (χ0v) is 21.4. The second kappa shape index (κ2) is 13.5. The number of amides is 1. The van der Waals surface area contributed by atoms with Gasteiger partial charge in [-0.15, -0.1) is 0 Å². The number of rotatable bonds is 12. The van der Waals surface area contributed by atoms with E-state index in [-0.39, 0.29) is 5.91 Å². The highest BCUT2D eigenvalue weighted by Gasteiger charge is 2.25. The molecule has 1 saturated carbocycles. The van der Waals surface area contributed by atoms with Crippen molar-refractivity contribution in [3.8, 4) is 11.5 Å². The van der Waals surface area contributed by atoms with E-state index >= 15 is 0 Å². The van der Waals surface area contributed by atoms with Gasteiger partial charge >= 0.3 is 5.97 Å². The van der Waals surface area contributed by atoms with E-state index in [2.05, 4.69) is 5.32 Å². The maximum atomic E-state index is 12.7. The molecule has 4 rings (SSSR count). The molecule has 0 aliphatic heterocycles. The summed E-state index contributed by atoms with van der Waals surface area (Å²) in [6.07, 6.45) is 5.23. The monoisotopic (exact) mass is 501 g/mol. The van der Waals surface area contributed by atoms with Crippen LogP contribution in [-0.2, 0) is 34.0 Å². The molecule has 37 heavy (non-hydrogen) atoms. The van der Waals surface area contributed by atoms with Crippen LogP contribution in [0.15, 0.2) is 78.9 Å². The van der Waals surface area contributed by atoms with Crippen molar-refractivity contribution >= 4 is 11.9 Å². The lowest BCUT2D eigenvalue weighted by atomic mass is 10.0. The number of carbonyl (C=O) groups is 2. The SMILES string of the molecule is COC(=O)[C@@H](Cc1ccc(OCc2ccccc2)c(OCc2ccccc2)c1)NC(=O)CC1CCCC1. The lowest BCUT2D eigenvalue weighted by molar-refractivity contribution is -0.145. The Bertz CT molecular complexity index is 1140. The molecule has 1 atom stereocenters. The van der Waals surface area contributed by atoms with Crippen molar-refractivity contribution in [3.63, 3.8) is 0 Å². The zero-order chi connectivity index (χ0) is 25.9. The Balaban J connectivity index is 1.48. The van der Waals surface area contributed by atoms with Crippen LogP contribution in [0.2, 0.25) is 0 Å². The summed E-state index contributed by atoms with van der Waals surface area (Å²) in [7, 11) is 1.34. The first-order valence-corrected chi connectivity index (χ1v) is 12.9. The fourth-order valence-corrected chi connectivity index (χ4v) is 4.68. The van der Waals surface area contributed by atoms with Crippen LogP contribution < -0.4 is 14.8 Å².